The molecule has 6 nitrogen and oxygen atoms in total. The summed E-state index contributed by atoms with van der Waals surface area (Å²) in [4.78, 5) is 0. The van der Waals surface area contributed by atoms with Crippen LogP contribution in [0.3, 0.4) is 0 Å². The van der Waals surface area contributed by atoms with Gasteiger partial charge in [-0.15, -0.1) is 0 Å². The van der Waals surface area contributed by atoms with Crippen LogP contribution in [0.15, 0.2) is 18.2 Å². The van der Waals surface area contributed by atoms with Crippen LogP contribution in [-0.4, -0.2) is 58.5 Å². The standard InChI is InChI=1S/C38H53NO5/c1-34-13-9-29(23-43-16-15-40)36-14-10-28(22-41)38(39,33(34)36)32-6-4-5-26-19-31(42)8-7-27(26)17-25-18-30(37(32,24-36)44-34)21-35(20-25)11-2-3-12-35/h7-8,19,25,28-30,32-33,40-42H,2-3,5,9-18,20-24,39H2,1H3. The number of nitrogens with two attached hydrogens (primary N) is 1. The number of aromatic hydroxyl groups is 1. The van der Waals surface area contributed by atoms with Gasteiger partial charge in [-0.2, -0.15) is 0 Å². The molecule has 1 aromatic carbocycles. The van der Waals surface area contributed by atoms with Crippen LogP contribution < -0.4 is 5.73 Å². The maximum atomic E-state index is 11.0. The molecule has 0 radical (unpaired) electrons. The molecule has 2 saturated heterocycles. The minimum Gasteiger partial charge on any atom is -0.508 e. The van der Waals surface area contributed by atoms with E-state index in [1.807, 2.05) is 12.1 Å². The van der Waals surface area contributed by atoms with E-state index in [9.17, 15) is 15.3 Å². The molecule has 240 valence electrons. The quantitative estimate of drug-likeness (QED) is 0.275. The van der Waals surface area contributed by atoms with Gasteiger partial charge in [0.05, 0.1) is 36.9 Å². The van der Waals surface area contributed by atoms with Gasteiger partial charge in [-0.1, -0.05) is 30.7 Å². The molecule has 5 saturated carbocycles. The van der Waals surface area contributed by atoms with Gasteiger partial charge >= 0.3 is 0 Å². The maximum absolute atomic E-state index is 11.0. The Balaban J connectivity index is 1.32. The fourth-order valence-corrected chi connectivity index (χ4v) is 13.3. The summed E-state index contributed by atoms with van der Waals surface area (Å²) < 4.78 is 13.9. The van der Waals surface area contributed by atoms with Gasteiger partial charge in [0.1, 0.15) is 5.75 Å². The van der Waals surface area contributed by atoms with Gasteiger partial charge in [0.25, 0.3) is 0 Å². The van der Waals surface area contributed by atoms with Gasteiger partial charge in [0.2, 0.25) is 0 Å². The molecule has 10 atom stereocenters. The number of fused-ring (bicyclic) bond motifs is 3. The number of hydrogen-bond donors (Lipinski definition) is 4. The Kier molecular flexibility index (Phi) is 7.06. The van der Waals surface area contributed by atoms with Crippen LogP contribution in [0.5, 0.6) is 5.75 Å². The minimum atomic E-state index is -0.646. The van der Waals surface area contributed by atoms with E-state index in [1.54, 1.807) is 0 Å². The van der Waals surface area contributed by atoms with Gasteiger partial charge in [-0.25, -0.2) is 0 Å². The van der Waals surface area contributed by atoms with E-state index in [-0.39, 0.29) is 42.0 Å². The number of benzene rings is 1. The smallest absolute Gasteiger partial charge is 0.115 e. The Morgan fingerprint density at radius 2 is 1.86 bits per heavy atom. The minimum absolute atomic E-state index is 0.00990. The monoisotopic (exact) mass is 603 g/mol. The summed E-state index contributed by atoms with van der Waals surface area (Å²) in [6, 6.07) is 5.92. The third kappa shape index (κ3) is 4.11. The van der Waals surface area contributed by atoms with E-state index in [0.717, 1.165) is 50.5 Å². The molecule has 0 amide bonds. The zero-order valence-electron chi connectivity index (χ0n) is 26.7. The molecule has 6 aliphatic carbocycles. The lowest BCUT2D eigenvalue weighted by Gasteiger charge is -2.80. The van der Waals surface area contributed by atoms with Crippen molar-refractivity contribution in [1.82, 2.24) is 0 Å². The van der Waals surface area contributed by atoms with E-state index in [4.69, 9.17) is 15.2 Å². The average molecular weight is 604 g/mol. The predicted molar refractivity (Wildman–Crippen MR) is 169 cm³/mol. The number of aliphatic hydroxyl groups is 2. The van der Waals surface area contributed by atoms with Crippen molar-refractivity contribution in [2.75, 3.05) is 26.4 Å². The summed E-state index contributed by atoms with van der Waals surface area (Å²) in [5, 5.41) is 31.0. The lowest BCUT2D eigenvalue weighted by Crippen LogP contribution is -2.87. The maximum Gasteiger partial charge on any atom is 0.115 e. The number of ether oxygens (including phenoxy) is 2. The summed E-state index contributed by atoms with van der Waals surface area (Å²) in [5.74, 6) is 9.05. The fraction of sp³-hybridized carbons (Fsp3) is 0.789. The highest BCUT2D eigenvalue weighted by Gasteiger charge is 2.81. The first kappa shape index (κ1) is 29.8. The Bertz CT molecular complexity index is 1350. The van der Waals surface area contributed by atoms with Crippen LogP contribution in [0.4, 0.5) is 0 Å². The van der Waals surface area contributed by atoms with E-state index in [2.05, 4.69) is 24.8 Å². The SMILES string of the molecule is CC12CCC(COCCO)C34CCC(CO)C(N)(C13)C1C#CCc3cc(O)ccc3CC3CC(CC5(CCCC5)C3)C1(C4)O2. The second kappa shape index (κ2) is 10.4. The van der Waals surface area contributed by atoms with Crippen LogP contribution in [0.1, 0.15) is 95.1 Å². The van der Waals surface area contributed by atoms with Crippen LogP contribution in [0, 0.1) is 58.2 Å². The lowest BCUT2D eigenvalue weighted by atomic mass is 9.31. The molecule has 6 heteroatoms. The van der Waals surface area contributed by atoms with Gasteiger partial charge in [-0.05, 0) is 129 Å². The van der Waals surface area contributed by atoms with Crippen LogP contribution >= 0.6 is 0 Å². The van der Waals surface area contributed by atoms with E-state index < -0.39 is 11.1 Å². The first-order valence-corrected chi connectivity index (χ1v) is 17.8. The summed E-state index contributed by atoms with van der Waals surface area (Å²) in [7, 11) is 0. The molecule has 10 unspecified atom stereocenters. The highest BCUT2D eigenvalue weighted by molar-refractivity contribution is 5.41. The normalized spacial score (nSPS) is 46.4. The summed E-state index contributed by atoms with van der Waals surface area (Å²) in [6.07, 6.45) is 15.5. The zero-order valence-corrected chi connectivity index (χ0v) is 26.7. The van der Waals surface area contributed by atoms with Crippen molar-refractivity contribution in [3.63, 3.8) is 0 Å². The van der Waals surface area contributed by atoms with Crippen molar-refractivity contribution < 1.29 is 24.8 Å². The molecule has 9 rings (SSSR count). The molecule has 2 spiro atoms. The van der Waals surface area contributed by atoms with Gasteiger partial charge < -0.3 is 30.5 Å². The number of aliphatic hydroxyl groups excluding tert-OH is 2. The van der Waals surface area contributed by atoms with Crippen molar-refractivity contribution in [2.24, 2.45) is 52.1 Å². The van der Waals surface area contributed by atoms with Crippen molar-refractivity contribution in [2.45, 2.75) is 114 Å². The molecule has 7 fully saturated rings. The van der Waals surface area contributed by atoms with Gasteiger partial charge in [-0.3, -0.25) is 0 Å². The van der Waals surface area contributed by atoms with E-state index in [0.29, 0.717) is 48.6 Å². The largest absolute Gasteiger partial charge is 0.508 e. The Morgan fingerprint density at radius 1 is 1.05 bits per heavy atom. The molecular formula is C38H53NO5. The van der Waals surface area contributed by atoms with Crippen LogP contribution in [0.25, 0.3) is 0 Å². The molecular weight excluding hydrogens is 550 g/mol. The Labute approximate surface area is 263 Å². The van der Waals surface area contributed by atoms with Gasteiger partial charge in [0, 0.05) is 30.4 Å². The first-order valence-electron chi connectivity index (χ1n) is 17.8. The molecule has 7 bridgehead atoms. The third-order valence-electron chi connectivity index (χ3n) is 14.5. The molecule has 1 aromatic rings. The Morgan fingerprint density at radius 3 is 2.66 bits per heavy atom. The second-order valence-corrected chi connectivity index (χ2v) is 16.7. The molecule has 5 N–H and O–H groups in total. The summed E-state index contributed by atoms with van der Waals surface area (Å²) in [6.45, 7) is 3.53. The number of phenolic OH excluding ortho intramolecular Hbond substituents is 1. The molecule has 2 heterocycles. The van der Waals surface area contributed by atoms with Crippen LogP contribution in [0.2, 0.25) is 0 Å². The summed E-state index contributed by atoms with van der Waals surface area (Å²) >= 11 is 0. The van der Waals surface area contributed by atoms with Crippen molar-refractivity contribution in [3.8, 4) is 17.6 Å². The number of hydrogen-bond acceptors (Lipinski definition) is 6. The highest BCUT2D eigenvalue weighted by atomic mass is 16.5. The second-order valence-electron chi connectivity index (χ2n) is 16.7. The van der Waals surface area contributed by atoms with Crippen molar-refractivity contribution >= 4 is 0 Å². The third-order valence-corrected chi connectivity index (χ3v) is 14.5. The summed E-state index contributed by atoms with van der Waals surface area (Å²) in [5.41, 5.74) is 9.37. The fourth-order valence-electron chi connectivity index (χ4n) is 13.3. The lowest BCUT2D eigenvalue weighted by molar-refractivity contribution is -0.395. The Hall–Kier alpha value is -1.62. The van der Waals surface area contributed by atoms with E-state index >= 15 is 0 Å². The van der Waals surface area contributed by atoms with Crippen molar-refractivity contribution in [1.29, 1.82) is 0 Å². The van der Waals surface area contributed by atoms with Crippen molar-refractivity contribution in [3.05, 3.63) is 29.3 Å². The zero-order chi connectivity index (χ0) is 30.4. The molecule has 44 heavy (non-hydrogen) atoms. The molecule has 0 aromatic heterocycles. The number of rotatable bonds is 5. The first-order chi connectivity index (χ1) is 21.2. The highest BCUT2D eigenvalue weighted by Crippen LogP contribution is 2.77. The predicted octanol–water partition coefficient (Wildman–Crippen LogP) is 5.14. The molecule has 2 aliphatic heterocycles. The number of phenols is 1. The van der Waals surface area contributed by atoms with Crippen LogP contribution in [-0.2, 0) is 22.3 Å². The topological polar surface area (TPSA) is 105 Å². The average Bonchev–Trinajstić information content (AvgIpc) is 3.42. The molecule has 8 aliphatic rings. The van der Waals surface area contributed by atoms with E-state index in [1.165, 1.54) is 44.1 Å². The van der Waals surface area contributed by atoms with Gasteiger partial charge in [0.15, 0.2) is 0 Å².